The Labute approximate surface area is 164 Å². The van der Waals surface area contributed by atoms with Crippen molar-refractivity contribution >= 4 is 39.0 Å². The highest BCUT2D eigenvalue weighted by molar-refractivity contribution is 7.87. The Morgan fingerprint density at radius 3 is 2.48 bits per heavy atom. The third kappa shape index (κ3) is 4.73. The summed E-state index contributed by atoms with van der Waals surface area (Å²) in [5.41, 5.74) is 1.11. The first kappa shape index (κ1) is 19.5. The van der Waals surface area contributed by atoms with Crippen LogP contribution in [0.3, 0.4) is 0 Å². The van der Waals surface area contributed by atoms with Crippen LogP contribution in [0.25, 0.3) is 0 Å². The number of anilines is 2. The van der Waals surface area contributed by atoms with Gasteiger partial charge in [-0.3, -0.25) is 4.79 Å². The molecule has 27 heavy (non-hydrogen) atoms. The van der Waals surface area contributed by atoms with E-state index in [4.69, 9.17) is 15.8 Å². The van der Waals surface area contributed by atoms with Crippen LogP contribution in [0, 0.1) is 0 Å². The number of halogens is 1. The molecule has 1 saturated heterocycles. The highest BCUT2D eigenvalue weighted by atomic mass is 35.5. The molecule has 144 valence electrons. The van der Waals surface area contributed by atoms with E-state index in [0.29, 0.717) is 11.4 Å². The lowest BCUT2D eigenvalue weighted by atomic mass is 10.1. The van der Waals surface area contributed by atoms with Crippen LogP contribution in [0.15, 0.2) is 47.4 Å². The lowest BCUT2D eigenvalue weighted by Crippen LogP contribution is -2.30. The van der Waals surface area contributed by atoms with E-state index in [0.717, 1.165) is 31.6 Å². The maximum Gasteiger partial charge on any atom is 0.339 e. The molecule has 1 aliphatic rings. The molecule has 1 aliphatic heterocycles. The number of amides is 1. The van der Waals surface area contributed by atoms with Gasteiger partial charge in [0.15, 0.2) is 5.75 Å². The molecule has 0 saturated carbocycles. The van der Waals surface area contributed by atoms with Crippen molar-refractivity contribution in [1.82, 2.24) is 0 Å². The van der Waals surface area contributed by atoms with Gasteiger partial charge in [0.25, 0.3) is 0 Å². The lowest BCUT2D eigenvalue weighted by molar-refractivity contribution is -0.114. The van der Waals surface area contributed by atoms with Gasteiger partial charge in [-0.2, -0.15) is 8.42 Å². The molecular formula is C19H21ClN2O4S. The number of nitrogens with zero attached hydrogens (tertiary/aromatic N) is 1. The van der Waals surface area contributed by atoms with Crippen LogP contribution in [0.4, 0.5) is 11.4 Å². The van der Waals surface area contributed by atoms with Crippen LogP contribution in [-0.2, 0) is 14.9 Å². The predicted molar refractivity (Wildman–Crippen MR) is 106 cm³/mol. The molecule has 1 amide bonds. The Bertz CT molecular complexity index is 940. The van der Waals surface area contributed by atoms with Crippen LogP contribution in [0.1, 0.15) is 26.2 Å². The minimum Gasteiger partial charge on any atom is -0.377 e. The second kappa shape index (κ2) is 8.19. The maximum atomic E-state index is 12.7. The number of para-hydroxylation sites is 2. The number of rotatable bonds is 5. The van der Waals surface area contributed by atoms with E-state index in [9.17, 15) is 13.2 Å². The van der Waals surface area contributed by atoms with Crippen molar-refractivity contribution in [3.8, 4) is 5.75 Å². The van der Waals surface area contributed by atoms with Gasteiger partial charge >= 0.3 is 10.1 Å². The number of nitrogens with one attached hydrogen (secondary N) is 1. The van der Waals surface area contributed by atoms with Crippen molar-refractivity contribution in [1.29, 1.82) is 0 Å². The summed E-state index contributed by atoms with van der Waals surface area (Å²) in [7, 11) is -4.07. The molecule has 0 atom stereocenters. The number of hydrogen-bond donors (Lipinski definition) is 1. The van der Waals surface area contributed by atoms with Crippen LogP contribution >= 0.6 is 11.6 Å². The van der Waals surface area contributed by atoms with Crippen molar-refractivity contribution in [2.45, 2.75) is 31.1 Å². The lowest BCUT2D eigenvalue weighted by Gasteiger charge is -2.30. The van der Waals surface area contributed by atoms with Crippen LogP contribution in [-0.4, -0.2) is 27.4 Å². The predicted octanol–water partition coefficient (Wildman–Crippen LogP) is 4.06. The van der Waals surface area contributed by atoms with Gasteiger partial charge in [0.1, 0.15) is 4.90 Å². The van der Waals surface area contributed by atoms with Crippen molar-refractivity contribution in [2.75, 3.05) is 23.3 Å². The molecule has 1 N–H and O–H groups in total. The number of piperidine rings is 1. The summed E-state index contributed by atoms with van der Waals surface area (Å²) < 4.78 is 30.9. The third-order valence-corrected chi connectivity index (χ3v) is 5.84. The molecule has 0 aliphatic carbocycles. The minimum absolute atomic E-state index is 0.0740. The van der Waals surface area contributed by atoms with E-state index >= 15 is 0 Å². The molecular weight excluding hydrogens is 388 g/mol. The zero-order valence-electron chi connectivity index (χ0n) is 14.9. The Balaban J connectivity index is 1.87. The average molecular weight is 409 g/mol. The monoisotopic (exact) mass is 408 g/mol. The number of carbonyl (C=O) groups is 1. The molecule has 0 unspecified atom stereocenters. The SMILES string of the molecule is CC(=O)Nc1ccc(S(=O)(=O)Oc2ccccc2N2CCCCC2)cc1Cl. The van der Waals surface area contributed by atoms with Gasteiger partial charge in [-0.15, -0.1) is 0 Å². The standard InChI is InChI=1S/C19H21ClN2O4S/c1-14(23)21-17-10-9-15(13-16(17)20)27(24,25)26-19-8-4-3-7-18(19)22-11-5-2-6-12-22/h3-4,7-10,13H,2,5-6,11-12H2,1H3,(H,21,23). The molecule has 3 rings (SSSR count). The van der Waals surface area contributed by atoms with Gasteiger partial charge in [-0.25, -0.2) is 0 Å². The Morgan fingerprint density at radius 1 is 1.11 bits per heavy atom. The fraction of sp³-hybridized carbons (Fsp3) is 0.316. The molecule has 0 spiro atoms. The molecule has 1 heterocycles. The van der Waals surface area contributed by atoms with Crippen LogP contribution < -0.4 is 14.4 Å². The molecule has 1 fully saturated rings. The van der Waals surface area contributed by atoms with Crippen molar-refractivity contribution in [3.05, 3.63) is 47.5 Å². The summed E-state index contributed by atoms with van der Waals surface area (Å²) in [4.78, 5) is 13.2. The van der Waals surface area contributed by atoms with Gasteiger partial charge < -0.3 is 14.4 Å². The van der Waals surface area contributed by atoms with E-state index in [1.54, 1.807) is 12.1 Å². The fourth-order valence-electron chi connectivity index (χ4n) is 3.03. The molecule has 6 nitrogen and oxygen atoms in total. The fourth-order valence-corrected chi connectivity index (χ4v) is 4.30. The summed E-state index contributed by atoms with van der Waals surface area (Å²) in [6.07, 6.45) is 3.32. The Morgan fingerprint density at radius 2 is 1.81 bits per heavy atom. The van der Waals surface area contributed by atoms with Gasteiger partial charge in [0.05, 0.1) is 16.4 Å². The molecule has 2 aromatic rings. The Kier molecular flexibility index (Phi) is 5.92. The highest BCUT2D eigenvalue weighted by Crippen LogP contribution is 2.33. The van der Waals surface area contributed by atoms with E-state index in [1.807, 2.05) is 12.1 Å². The Hall–Kier alpha value is -2.25. The normalized spacial score (nSPS) is 14.7. The van der Waals surface area contributed by atoms with Crippen molar-refractivity contribution in [2.24, 2.45) is 0 Å². The zero-order chi connectivity index (χ0) is 19.4. The van der Waals surface area contributed by atoms with E-state index in [1.165, 1.54) is 31.5 Å². The topological polar surface area (TPSA) is 75.7 Å². The second-order valence-electron chi connectivity index (χ2n) is 6.38. The molecule has 2 aromatic carbocycles. The molecule has 0 aromatic heterocycles. The third-order valence-electron chi connectivity index (χ3n) is 4.30. The summed E-state index contributed by atoms with van der Waals surface area (Å²) in [6, 6.07) is 11.2. The first-order valence-electron chi connectivity index (χ1n) is 8.72. The van der Waals surface area contributed by atoms with Gasteiger partial charge in [0.2, 0.25) is 5.91 Å². The summed E-state index contributed by atoms with van der Waals surface area (Å²) >= 11 is 6.09. The van der Waals surface area contributed by atoms with E-state index in [-0.39, 0.29) is 15.8 Å². The van der Waals surface area contributed by atoms with E-state index in [2.05, 4.69) is 10.2 Å². The molecule has 0 bridgehead atoms. The van der Waals surface area contributed by atoms with Gasteiger partial charge in [0, 0.05) is 20.0 Å². The van der Waals surface area contributed by atoms with Gasteiger partial charge in [-0.1, -0.05) is 23.7 Å². The number of hydrogen-bond acceptors (Lipinski definition) is 5. The van der Waals surface area contributed by atoms with Crippen LogP contribution in [0.5, 0.6) is 5.75 Å². The average Bonchev–Trinajstić information content (AvgIpc) is 2.64. The molecule has 0 radical (unpaired) electrons. The number of carbonyl (C=O) groups excluding carboxylic acids is 1. The van der Waals surface area contributed by atoms with Crippen LogP contribution in [0.2, 0.25) is 5.02 Å². The smallest absolute Gasteiger partial charge is 0.339 e. The second-order valence-corrected chi connectivity index (χ2v) is 8.33. The van der Waals surface area contributed by atoms with Crippen molar-refractivity contribution < 1.29 is 17.4 Å². The highest BCUT2D eigenvalue weighted by Gasteiger charge is 2.22. The summed E-state index contributed by atoms with van der Waals surface area (Å²) in [5, 5.41) is 2.66. The van der Waals surface area contributed by atoms with E-state index < -0.39 is 10.1 Å². The largest absolute Gasteiger partial charge is 0.377 e. The zero-order valence-corrected chi connectivity index (χ0v) is 16.5. The molecule has 8 heteroatoms. The minimum atomic E-state index is -4.07. The maximum absolute atomic E-state index is 12.7. The summed E-state index contributed by atoms with van der Waals surface area (Å²) in [6.45, 7) is 3.09. The van der Waals surface area contributed by atoms with Crippen molar-refractivity contribution in [3.63, 3.8) is 0 Å². The first-order valence-corrected chi connectivity index (χ1v) is 10.5. The quantitative estimate of drug-likeness (QED) is 0.755. The first-order chi connectivity index (χ1) is 12.9. The number of benzene rings is 2. The summed E-state index contributed by atoms with van der Waals surface area (Å²) in [5.74, 6) is 0.000626. The van der Waals surface area contributed by atoms with Gasteiger partial charge in [-0.05, 0) is 49.6 Å².